The zero-order valence-corrected chi connectivity index (χ0v) is 12.0. The molecule has 106 valence electrons. The van der Waals surface area contributed by atoms with Gasteiger partial charge in [0.05, 0.1) is 5.75 Å². The molecule has 0 aromatic rings. The van der Waals surface area contributed by atoms with E-state index in [4.69, 9.17) is 9.29 Å². The predicted molar refractivity (Wildman–Crippen MR) is 69.9 cm³/mol. The second-order valence-corrected chi connectivity index (χ2v) is 7.66. The molecular weight excluding hydrogens is 252 g/mol. The van der Waals surface area contributed by atoms with Crippen LogP contribution in [0.2, 0.25) is 0 Å². The average molecular weight is 276 g/mol. The minimum Gasteiger partial charge on any atom is -0.381 e. The Morgan fingerprint density at radius 3 is 2.50 bits per heavy atom. The van der Waals surface area contributed by atoms with Crippen molar-refractivity contribution in [1.29, 1.82) is 0 Å². The fraction of sp³-hybridized carbons (Fsp3) is 1.00. The van der Waals surface area contributed by atoms with Gasteiger partial charge in [0.25, 0.3) is 10.1 Å². The topological polar surface area (TPSA) is 63.6 Å². The van der Waals surface area contributed by atoms with Crippen LogP contribution in [0.3, 0.4) is 0 Å². The molecular formula is C13H24O4S. The fourth-order valence-electron chi connectivity index (χ4n) is 3.86. The number of rotatable bonds is 6. The first kappa shape index (κ1) is 14.3. The van der Waals surface area contributed by atoms with Gasteiger partial charge in [0.1, 0.15) is 0 Å². The molecule has 0 aromatic heterocycles. The molecule has 2 aliphatic rings. The van der Waals surface area contributed by atoms with Crippen LogP contribution in [0.15, 0.2) is 0 Å². The quantitative estimate of drug-likeness (QED) is 0.597. The second-order valence-electron chi connectivity index (χ2n) is 6.09. The Morgan fingerprint density at radius 1 is 1.22 bits per heavy atom. The van der Waals surface area contributed by atoms with Crippen LogP contribution in [0.4, 0.5) is 0 Å². The summed E-state index contributed by atoms with van der Waals surface area (Å²) in [5, 5.41) is 0. The molecule has 1 N–H and O–H groups in total. The van der Waals surface area contributed by atoms with Gasteiger partial charge in [0.2, 0.25) is 0 Å². The van der Waals surface area contributed by atoms with E-state index in [9.17, 15) is 8.42 Å². The van der Waals surface area contributed by atoms with Crippen LogP contribution < -0.4 is 0 Å². The Kier molecular flexibility index (Phi) is 4.34. The number of fused-ring (bicyclic) bond motifs is 2. The lowest BCUT2D eigenvalue weighted by Crippen LogP contribution is -2.27. The smallest absolute Gasteiger partial charge is 0.264 e. The van der Waals surface area contributed by atoms with Gasteiger partial charge in [-0.3, -0.25) is 4.55 Å². The second kappa shape index (κ2) is 5.47. The van der Waals surface area contributed by atoms with E-state index in [0.29, 0.717) is 18.9 Å². The molecule has 2 saturated carbocycles. The first-order valence-corrected chi connectivity index (χ1v) is 8.52. The van der Waals surface area contributed by atoms with E-state index in [1.54, 1.807) is 0 Å². The van der Waals surface area contributed by atoms with Crippen LogP contribution in [0.1, 0.15) is 33.1 Å². The van der Waals surface area contributed by atoms with Crippen molar-refractivity contribution < 1.29 is 17.7 Å². The monoisotopic (exact) mass is 276 g/mol. The molecule has 2 rings (SSSR count). The maximum Gasteiger partial charge on any atom is 0.264 e. The standard InChI is InChI=1S/C13H24O4S/c1-9-10(2)13-7-11(9)6-12(13)8-17-4-3-5-18(14,15)16/h9-13H,3-8H2,1-2H3,(H,14,15,16). The highest BCUT2D eigenvalue weighted by Crippen LogP contribution is 2.54. The van der Waals surface area contributed by atoms with E-state index in [2.05, 4.69) is 13.8 Å². The molecule has 2 aliphatic carbocycles. The van der Waals surface area contributed by atoms with Crippen LogP contribution in [0.25, 0.3) is 0 Å². The summed E-state index contributed by atoms with van der Waals surface area (Å²) in [5.41, 5.74) is 0. The van der Waals surface area contributed by atoms with E-state index in [1.807, 2.05) is 0 Å². The van der Waals surface area contributed by atoms with Crippen LogP contribution in [0, 0.1) is 29.6 Å². The van der Waals surface area contributed by atoms with Crippen molar-refractivity contribution in [2.45, 2.75) is 33.1 Å². The van der Waals surface area contributed by atoms with Gasteiger partial charge in [-0.15, -0.1) is 0 Å². The van der Waals surface area contributed by atoms with Crippen molar-refractivity contribution in [1.82, 2.24) is 0 Å². The van der Waals surface area contributed by atoms with Crippen LogP contribution in [-0.4, -0.2) is 31.9 Å². The molecule has 5 unspecified atom stereocenters. The summed E-state index contributed by atoms with van der Waals surface area (Å²) >= 11 is 0. The van der Waals surface area contributed by atoms with Crippen LogP contribution in [-0.2, 0) is 14.9 Å². The highest BCUT2D eigenvalue weighted by Gasteiger charge is 2.48. The highest BCUT2D eigenvalue weighted by atomic mass is 32.2. The van der Waals surface area contributed by atoms with Crippen molar-refractivity contribution in [3.05, 3.63) is 0 Å². The van der Waals surface area contributed by atoms with Crippen LogP contribution in [0.5, 0.6) is 0 Å². The van der Waals surface area contributed by atoms with Gasteiger partial charge in [0, 0.05) is 13.2 Å². The van der Waals surface area contributed by atoms with Crippen molar-refractivity contribution in [2.75, 3.05) is 19.0 Å². The van der Waals surface area contributed by atoms with E-state index in [-0.39, 0.29) is 5.75 Å². The van der Waals surface area contributed by atoms with Crippen LogP contribution >= 0.6 is 0 Å². The number of hydrogen-bond acceptors (Lipinski definition) is 3. The van der Waals surface area contributed by atoms with Gasteiger partial charge in [0.15, 0.2) is 0 Å². The molecule has 2 fully saturated rings. The Morgan fingerprint density at radius 2 is 1.94 bits per heavy atom. The van der Waals surface area contributed by atoms with Crippen molar-refractivity contribution in [3.8, 4) is 0 Å². The maximum absolute atomic E-state index is 10.5. The lowest BCUT2D eigenvalue weighted by Gasteiger charge is -2.31. The summed E-state index contributed by atoms with van der Waals surface area (Å²) in [4.78, 5) is 0. The molecule has 5 atom stereocenters. The Hall–Kier alpha value is -0.130. The van der Waals surface area contributed by atoms with Gasteiger partial charge in [-0.05, 0) is 48.9 Å². The van der Waals surface area contributed by atoms with Gasteiger partial charge in [-0.25, -0.2) is 0 Å². The summed E-state index contributed by atoms with van der Waals surface area (Å²) in [6.45, 7) is 5.89. The third kappa shape index (κ3) is 3.25. The minimum absolute atomic E-state index is 0.197. The molecule has 0 heterocycles. The van der Waals surface area contributed by atoms with Gasteiger partial charge in [-0.1, -0.05) is 13.8 Å². The van der Waals surface area contributed by atoms with E-state index >= 15 is 0 Å². The first-order chi connectivity index (χ1) is 8.38. The SMILES string of the molecule is CC1C2CC(COCCCS(=O)(=O)O)C(C2)C1C. The zero-order chi connectivity index (χ0) is 13.3. The lowest BCUT2D eigenvalue weighted by molar-refractivity contribution is 0.0568. The molecule has 2 bridgehead atoms. The van der Waals surface area contributed by atoms with E-state index in [0.717, 1.165) is 30.3 Å². The summed E-state index contributed by atoms with van der Waals surface area (Å²) < 4.78 is 35.2. The molecule has 4 nitrogen and oxygen atoms in total. The van der Waals surface area contributed by atoms with Gasteiger partial charge >= 0.3 is 0 Å². The summed E-state index contributed by atoms with van der Waals surface area (Å²) in [7, 11) is -3.83. The molecule has 0 aliphatic heterocycles. The first-order valence-electron chi connectivity index (χ1n) is 6.91. The number of ether oxygens (including phenoxy) is 1. The third-order valence-electron chi connectivity index (χ3n) is 5.06. The largest absolute Gasteiger partial charge is 0.381 e. The summed E-state index contributed by atoms with van der Waals surface area (Å²) in [5.74, 6) is 3.79. The lowest BCUT2D eigenvalue weighted by atomic mass is 9.76. The Labute approximate surface area is 110 Å². The highest BCUT2D eigenvalue weighted by molar-refractivity contribution is 7.85. The predicted octanol–water partition coefficient (Wildman–Crippen LogP) is 2.21. The Balaban J connectivity index is 1.64. The third-order valence-corrected chi connectivity index (χ3v) is 5.86. The Bertz CT molecular complexity index is 376. The molecule has 18 heavy (non-hydrogen) atoms. The summed E-state index contributed by atoms with van der Waals surface area (Å²) in [6.07, 6.45) is 3.00. The maximum atomic E-state index is 10.5. The van der Waals surface area contributed by atoms with Crippen molar-refractivity contribution in [3.63, 3.8) is 0 Å². The fourth-order valence-corrected chi connectivity index (χ4v) is 4.35. The molecule has 0 radical (unpaired) electrons. The van der Waals surface area contributed by atoms with E-state index < -0.39 is 10.1 Å². The van der Waals surface area contributed by atoms with Crippen molar-refractivity contribution >= 4 is 10.1 Å². The molecule has 0 saturated heterocycles. The molecule has 0 amide bonds. The number of hydrogen-bond donors (Lipinski definition) is 1. The zero-order valence-electron chi connectivity index (χ0n) is 11.2. The molecule has 0 spiro atoms. The average Bonchev–Trinajstić information content (AvgIpc) is 2.78. The normalized spacial score (nSPS) is 39.4. The van der Waals surface area contributed by atoms with Crippen molar-refractivity contribution in [2.24, 2.45) is 29.6 Å². The molecule has 0 aromatic carbocycles. The van der Waals surface area contributed by atoms with Gasteiger partial charge < -0.3 is 4.74 Å². The minimum atomic E-state index is -3.83. The van der Waals surface area contributed by atoms with E-state index in [1.165, 1.54) is 12.8 Å². The summed E-state index contributed by atoms with van der Waals surface area (Å²) in [6, 6.07) is 0. The van der Waals surface area contributed by atoms with Gasteiger partial charge in [-0.2, -0.15) is 8.42 Å². The molecule has 5 heteroatoms.